The minimum Gasteiger partial charge on any atom is -0.396 e. The topological polar surface area (TPSA) is 73.1 Å². The Morgan fingerprint density at radius 1 is 1.47 bits per heavy atom. The molecule has 0 spiro atoms. The van der Waals surface area contributed by atoms with E-state index in [-0.39, 0.29) is 0 Å². The molecule has 0 aromatic carbocycles. The SMILES string of the molecule is Nc1cnc(NCC2CCCOC2)nc1. The van der Waals surface area contributed by atoms with Crippen LogP contribution < -0.4 is 11.1 Å². The van der Waals surface area contributed by atoms with Gasteiger partial charge in [0.2, 0.25) is 5.95 Å². The molecule has 0 bridgehead atoms. The van der Waals surface area contributed by atoms with Gasteiger partial charge in [-0.2, -0.15) is 0 Å². The van der Waals surface area contributed by atoms with Crippen molar-refractivity contribution in [2.45, 2.75) is 12.8 Å². The van der Waals surface area contributed by atoms with Gasteiger partial charge < -0.3 is 15.8 Å². The van der Waals surface area contributed by atoms with Gasteiger partial charge in [0.05, 0.1) is 24.7 Å². The van der Waals surface area contributed by atoms with Crippen molar-refractivity contribution in [1.29, 1.82) is 0 Å². The lowest BCUT2D eigenvalue weighted by molar-refractivity contribution is 0.0594. The van der Waals surface area contributed by atoms with Crippen molar-refractivity contribution in [3.8, 4) is 0 Å². The maximum Gasteiger partial charge on any atom is 0.222 e. The Kier molecular flexibility index (Phi) is 3.34. The van der Waals surface area contributed by atoms with Gasteiger partial charge in [0.15, 0.2) is 0 Å². The van der Waals surface area contributed by atoms with Crippen molar-refractivity contribution < 1.29 is 4.74 Å². The van der Waals surface area contributed by atoms with E-state index in [1.54, 1.807) is 12.4 Å². The third-order valence-corrected chi connectivity index (χ3v) is 2.48. The molecule has 0 amide bonds. The van der Waals surface area contributed by atoms with E-state index in [9.17, 15) is 0 Å². The second-order valence-corrected chi connectivity index (χ2v) is 3.80. The molecular weight excluding hydrogens is 192 g/mol. The van der Waals surface area contributed by atoms with Crippen LogP contribution in [0.15, 0.2) is 12.4 Å². The fraction of sp³-hybridized carbons (Fsp3) is 0.600. The summed E-state index contributed by atoms with van der Waals surface area (Å²) in [7, 11) is 0. The molecule has 82 valence electrons. The van der Waals surface area contributed by atoms with Gasteiger partial charge in [-0.15, -0.1) is 0 Å². The molecule has 1 saturated heterocycles. The van der Waals surface area contributed by atoms with Gasteiger partial charge >= 0.3 is 0 Å². The molecule has 1 atom stereocenters. The highest BCUT2D eigenvalue weighted by Gasteiger charge is 2.13. The van der Waals surface area contributed by atoms with Crippen LogP contribution in [0.3, 0.4) is 0 Å². The van der Waals surface area contributed by atoms with Crippen LogP contribution in [0.2, 0.25) is 0 Å². The summed E-state index contributed by atoms with van der Waals surface area (Å²) in [5.74, 6) is 1.20. The smallest absolute Gasteiger partial charge is 0.222 e. The highest BCUT2D eigenvalue weighted by Crippen LogP contribution is 2.13. The minimum absolute atomic E-state index is 0.569. The predicted molar refractivity (Wildman–Crippen MR) is 58.5 cm³/mol. The highest BCUT2D eigenvalue weighted by atomic mass is 16.5. The third-order valence-electron chi connectivity index (χ3n) is 2.48. The average Bonchev–Trinajstić information content (AvgIpc) is 2.30. The number of anilines is 2. The maximum absolute atomic E-state index is 5.49. The lowest BCUT2D eigenvalue weighted by Crippen LogP contribution is -2.24. The molecule has 1 aliphatic heterocycles. The Morgan fingerprint density at radius 2 is 2.27 bits per heavy atom. The van der Waals surface area contributed by atoms with Crippen molar-refractivity contribution in [1.82, 2.24) is 9.97 Å². The first kappa shape index (κ1) is 10.2. The van der Waals surface area contributed by atoms with Gasteiger partial charge in [-0.25, -0.2) is 9.97 Å². The number of hydrogen-bond acceptors (Lipinski definition) is 5. The van der Waals surface area contributed by atoms with Crippen LogP contribution in [0.1, 0.15) is 12.8 Å². The van der Waals surface area contributed by atoms with Gasteiger partial charge in [0.25, 0.3) is 0 Å². The quantitative estimate of drug-likeness (QED) is 0.772. The molecule has 5 heteroatoms. The van der Waals surface area contributed by atoms with Crippen molar-refractivity contribution in [2.75, 3.05) is 30.8 Å². The molecule has 15 heavy (non-hydrogen) atoms. The molecule has 2 rings (SSSR count). The molecule has 1 aromatic rings. The number of nitrogens with one attached hydrogen (secondary N) is 1. The van der Waals surface area contributed by atoms with E-state index >= 15 is 0 Å². The van der Waals surface area contributed by atoms with Crippen molar-refractivity contribution in [3.05, 3.63) is 12.4 Å². The fourth-order valence-corrected chi connectivity index (χ4v) is 1.63. The summed E-state index contributed by atoms with van der Waals surface area (Å²) in [5, 5.41) is 3.18. The van der Waals surface area contributed by atoms with E-state index < -0.39 is 0 Å². The van der Waals surface area contributed by atoms with E-state index in [2.05, 4.69) is 15.3 Å². The van der Waals surface area contributed by atoms with Crippen LogP contribution in [0.4, 0.5) is 11.6 Å². The summed E-state index contributed by atoms with van der Waals surface area (Å²) >= 11 is 0. The van der Waals surface area contributed by atoms with Crippen LogP contribution >= 0.6 is 0 Å². The highest BCUT2D eigenvalue weighted by molar-refractivity contribution is 5.35. The Labute approximate surface area is 89.1 Å². The number of nitrogen functional groups attached to an aromatic ring is 1. The molecule has 0 aliphatic carbocycles. The predicted octanol–water partition coefficient (Wildman–Crippen LogP) is 0.897. The molecule has 2 heterocycles. The normalized spacial score (nSPS) is 21.2. The first-order valence-corrected chi connectivity index (χ1v) is 5.24. The molecule has 1 aromatic heterocycles. The first-order chi connectivity index (χ1) is 7.34. The van der Waals surface area contributed by atoms with Crippen molar-refractivity contribution >= 4 is 11.6 Å². The Morgan fingerprint density at radius 3 is 2.93 bits per heavy atom. The molecular formula is C10H16N4O. The van der Waals surface area contributed by atoms with Crippen molar-refractivity contribution in [2.24, 2.45) is 5.92 Å². The van der Waals surface area contributed by atoms with E-state index in [0.29, 0.717) is 17.6 Å². The van der Waals surface area contributed by atoms with Crippen molar-refractivity contribution in [3.63, 3.8) is 0 Å². The first-order valence-electron chi connectivity index (χ1n) is 5.24. The van der Waals surface area contributed by atoms with Crippen LogP contribution in [0.25, 0.3) is 0 Å². The number of nitrogens with zero attached hydrogens (tertiary/aromatic N) is 2. The van der Waals surface area contributed by atoms with Crippen LogP contribution in [0.5, 0.6) is 0 Å². The summed E-state index contributed by atoms with van der Waals surface area (Å²) in [4.78, 5) is 8.15. The minimum atomic E-state index is 0.569. The second-order valence-electron chi connectivity index (χ2n) is 3.80. The molecule has 1 aliphatic rings. The Balaban J connectivity index is 1.79. The Hall–Kier alpha value is -1.36. The second kappa shape index (κ2) is 4.93. The summed E-state index contributed by atoms with van der Waals surface area (Å²) in [5.41, 5.74) is 6.08. The van der Waals surface area contributed by atoms with Gasteiger partial charge in [-0.05, 0) is 18.8 Å². The van der Waals surface area contributed by atoms with E-state index in [0.717, 1.165) is 26.2 Å². The molecule has 5 nitrogen and oxygen atoms in total. The van der Waals surface area contributed by atoms with Gasteiger partial charge in [0, 0.05) is 13.2 Å². The number of aromatic nitrogens is 2. The monoisotopic (exact) mass is 208 g/mol. The standard InChI is InChI=1S/C10H16N4O/c11-9-5-13-10(14-6-9)12-4-8-2-1-3-15-7-8/h5-6,8H,1-4,7,11H2,(H,12,13,14). The zero-order chi connectivity index (χ0) is 10.5. The maximum atomic E-state index is 5.49. The Bertz CT molecular complexity index is 295. The largest absolute Gasteiger partial charge is 0.396 e. The average molecular weight is 208 g/mol. The van der Waals surface area contributed by atoms with Gasteiger partial charge in [-0.3, -0.25) is 0 Å². The lowest BCUT2D eigenvalue weighted by atomic mass is 10.0. The van der Waals surface area contributed by atoms with E-state index in [1.165, 1.54) is 6.42 Å². The van der Waals surface area contributed by atoms with Crippen LogP contribution in [-0.2, 0) is 4.74 Å². The van der Waals surface area contributed by atoms with Crippen LogP contribution in [0, 0.1) is 5.92 Å². The summed E-state index contributed by atoms with van der Waals surface area (Å²) < 4.78 is 5.39. The summed E-state index contributed by atoms with van der Waals surface area (Å²) in [6.07, 6.45) is 5.57. The molecule has 1 fully saturated rings. The molecule has 3 N–H and O–H groups in total. The zero-order valence-electron chi connectivity index (χ0n) is 8.65. The van der Waals surface area contributed by atoms with Gasteiger partial charge in [0.1, 0.15) is 0 Å². The van der Waals surface area contributed by atoms with E-state index in [1.807, 2.05) is 0 Å². The lowest BCUT2D eigenvalue weighted by Gasteiger charge is -2.22. The number of nitrogens with two attached hydrogens (primary N) is 1. The van der Waals surface area contributed by atoms with E-state index in [4.69, 9.17) is 10.5 Å². The number of rotatable bonds is 3. The van der Waals surface area contributed by atoms with Crippen LogP contribution in [-0.4, -0.2) is 29.7 Å². The third kappa shape index (κ3) is 3.06. The number of ether oxygens (including phenoxy) is 1. The van der Waals surface area contributed by atoms with Gasteiger partial charge in [-0.1, -0.05) is 0 Å². The molecule has 0 radical (unpaired) electrons. The summed E-state index contributed by atoms with van der Waals surface area (Å²) in [6.45, 7) is 2.60. The molecule has 1 unspecified atom stereocenters. The molecule has 0 saturated carbocycles. The number of hydrogen-bond donors (Lipinski definition) is 2. The fourth-order valence-electron chi connectivity index (χ4n) is 1.63. The zero-order valence-corrected chi connectivity index (χ0v) is 8.65. The summed E-state index contributed by atoms with van der Waals surface area (Å²) in [6, 6.07) is 0.